The van der Waals surface area contributed by atoms with Crippen LogP contribution in [0.5, 0.6) is 0 Å². The molecular formula is C14H22BrNO2. The molecular weight excluding hydrogens is 294 g/mol. The standard InChI is InChI=1S/C14H22BrNO2/c1-8(7-15)13(17)16-12-10-2-9-3-11(12)6-14(18,4-9)5-10/h8-12,18H,2-7H2,1H3,(H,16,17). The Hall–Kier alpha value is -0.0900. The number of amides is 1. The summed E-state index contributed by atoms with van der Waals surface area (Å²) in [6, 6.07) is 0.316. The Labute approximate surface area is 117 Å². The van der Waals surface area contributed by atoms with E-state index in [1.165, 1.54) is 12.8 Å². The first-order chi connectivity index (χ1) is 8.50. The predicted octanol–water partition coefficient (Wildman–Crippen LogP) is 2.07. The highest BCUT2D eigenvalue weighted by molar-refractivity contribution is 9.09. The van der Waals surface area contributed by atoms with Gasteiger partial charge in [0.25, 0.3) is 0 Å². The Morgan fingerprint density at radius 3 is 2.50 bits per heavy atom. The van der Waals surface area contributed by atoms with Crippen LogP contribution in [0.25, 0.3) is 0 Å². The molecule has 4 bridgehead atoms. The van der Waals surface area contributed by atoms with Crippen molar-refractivity contribution in [3.63, 3.8) is 0 Å². The van der Waals surface area contributed by atoms with Gasteiger partial charge in [-0.05, 0) is 49.9 Å². The van der Waals surface area contributed by atoms with Crippen LogP contribution < -0.4 is 5.32 Å². The van der Waals surface area contributed by atoms with Crippen molar-refractivity contribution in [2.24, 2.45) is 23.7 Å². The summed E-state index contributed by atoms with van der Waals surface area (Å²) in [5, 5.41) is 14.5. The molecule has 3 nitrogen and oxygen atoms in total. The van der Waals surface area contributed by atoms with Crippen molar-refractivity contribution in [3.05, 3.63) is 0 Å². The fourth-order valence-electron chi connectivity index (χ4n) is 4.59. The molecule has 4 saturated carbocycles. The highest BCUT2D eigenvalue weighted by atomic mass is 79.9. The molecule has 3 unspecified atom stereocenters. The van der Waals surface area contributed by atoms with E-state index < -0.39 is 5.60 Å². The summed E-state index contributed by atoms with van der Waals surface area (Å²) in [4.78, 5) is 12.0. The first-order valence-corrected chi connectivity index (χ1v) is 8.21. The molecule has 0 radical (unpaired) electrons. The van der Waals surface area contributed by atoms with E-state index in [1.807, 2.05) is 6.92 Å². The van der Waals surface area contributed by atoms with Crippen LogP contribution in [0, 0.1) is 23.7 Å². The minimum absolute atomic E-state index is 0.0327. The lowest BCUT2D eigenvalue weighted by Crippen LogP contribution is -2.62. The Kier molecular flexibility index (Phi) is 3.22. The number of hydrogen-bond acceptors (Lipinski definition) is 2. The Morgan fingerprint density at radius 1 is 1.39 bits per heavy atom. The number of alkyl halides is 1. The number of aliphatic hydroxyl groups is 1. The largest absolute Gasteiger partial charge is 0.390 e. The third-order valence-corrected chi connectivity index (χ3v) is 6.20. The van der Waals surface area contributed by atoms with Crippen LogP contribution in [0.1, 0.15) is 39.0 Å². The number of carbonyl (C=O) groups is 1. The monoisotopic (exact) mass is 315 g/mol. The van der Waals surface area contributed by atoms with Gasteiger partial charge in [-0.25, -0.2) is 0 Å². The maximum absolute atomic E-state index is 12.0. The molecule has 0 aromatic heterocycles. The SMILES string of the molecule is CC(CBr)C(=O)NC1C2CC3CC1CC(O)(C3)C2. The average molecular weight is 316 g/mol. The third-order valence-electron chi connectivity index (χ3n) is 5.23. The van der Waals surface area contributed by atoms with Gasteiger partial charge in [-0.3, -0.25) is 4.79 Å². The summed E-state index contributed by atoms with van der Waals surface area (Å²) in [6.45, 7) is 1.95. The predicted molar refractivity (Wildman–Crippen MR) is 73.4 cm³/mol. The van der Waals surface area contributed by atoms with E-state index in [1.54, 1.807) is 0 Å². The number of halogens is 1. The highest BCUT2D eigenvalue weighted by Crippen LogP contribution is 2.55. The summed E-state index contributed by atoms with van der Waals surface area (Å²) in [6.07, 6.45) is 5.19. The first kappa shape index (κ1) is 12.9. The van der Waals surface area contributed by atoms with Crippen molar-refractivity contribution in [2.45, 2.75) is 50.7 Å². The van der Waals surface area contributed by atoms with E-state index in [2.05, 4.69) is 21.2 Å². The van der Waals surface area contributed by atoms with Gasteiger partial charge in [-0.1, -0.05) is 22.9 Å². The van der Waals surface area contributed by atoms with E-state index >= 15 is 0 Å². The lowest BCUT2D eigenvalue weighted by atomic mass is 9.52. The molecule has 2 N–H and O–H groups in total. The maximum Gasteiger partial charge on any atom is 0.223 e. The van der Waals surface area contributed by atoms with Crippen molar-refractivity contribution in [1.29, 1.82) is 0 Å². The molecule has 102 valence electrons. The van der Waals surface area contributed by atoms with Crippen LogP contribution in [0.3, 0.4) is 0 Å². The second-order valence-electron chi connectivity index (χ2n) is 6.78. The van der Waals surface area contributed by atoms with Gasteiger partial charge in [0.15, 0.2) is 0 Å². The summed E-state index contributed by atoms with van der Waals surface area (Å²) in [5.41, 5.74) is -0.404. The van der Waals surface area contributed by atoms with E-state index in [4.69, 9.17) is 0 Å². The molecule has 0 aromatic carbocycles. The topological polar surface area (TPSA) is 49.3 Å². The zero-order chi connectivity index (χ0) is 12.9. The van der Waals surface area contributed by atoms with Crippen LogP contribution in [0.15, 0.2) is 0 Å². The second kappa shape index (κ2) is 4.48. The van der Waals surface area contributed by atoms with Gasteiger partial charge in [0.05, 0.1) is 5.60 Å². The summed E-state index contributed by atoms with van der Waals surface area (Å²) >= 11 is 3.37. The smallest absolute Gasteiger partial charge is 0.223 e. The van der Waals surface area contributed by atoms with Gasteiger partial charge in [0.1, 0.15) is 0 Å². The lowest BCUT2D eigenvalue weighted by Gasteiger charge is -2.58. The molecule has 4 aliphatic carbocycles. The van der Waals surface area contributed by atoms with Gasteiger partial charge in [0, 0.05) is 17.3 Å². The van der Waals surface area contributed by atoms with E-state index in [0.29, 0.717) is 29.1 Å². The number of carbonyl (C=O) groups excluding carboxylic acids is 1. The molecule has 4 heteroatoms. The summed E-state index contributed by atoms with van der Waals surface area (Å²) in [5.74, 6) is 1.91. The van der Waals surface area contributed by atoms with Gasteiger partial charge >= 0.3 is 0 Å². The van der Waals surface area contributed by atoms with Gasteiger partial charge in [-0.2, -0.15) is 0 Å². The molecule has 4 aliphatic rings. The molecule has 3 atom stereocenters. The van der Waals surface area contributed by atoms with Crippen molar-refractivity contribution in [2.75, 3.05) is 5.33 Å². The maximum atomic E-state index is 12.0. The van der Waals surface area contributed by atoms with E-state index in [0.717, 1.165) is 19.3 Å². The number of nitrogens with one attached hydrogen (secondary N) is 1. The lowest BCUT2D eigenvalue weighted by molar-refractivity contribution is -0.147. The van der Waals surface area contributed by atoms with Crippen LogP contribution in [0.4, 0.5) is 0 Å². The Morgan fingerprint density at radius 2 is 2.00 bits per heavy atom. The minimum atomic E-state index is -0.404. The van der Waals surface area contributed by atoms with Gasteiger partial charge in [-0.15, -0.1) is 0 Å². The minimum Gasteiger partial charge on any atom is -0.390 e. The second-order valence-corrected chi connectivity index (χ2v) is 7.43. The molecule has 0 heterocycles. The van der Waals surface area contributed by atoms with Crippen molar-refractivity contribution in [3.8, 4) is 0 Å². The van der Waals surface area contributed by atoms with Crippen LogP contribution in [-0.2, 0) is 4.79 Å². The van der Waals surface area contributed by atoms with Crippen molar-refractivity contribution in [1.82, 2.24) is 5.32 Å². The molecule has 1 amide bonds. The molecule has 0 spiro atoms. The Bertz CT molecular complexity index is 344. The number of rotatable bonds is 3. The summed E-state index contributed by atoms with van der Waals surface area (Å²) in [7, 11) is 0. The normalized spacial score (nSPS) is 47.1. The number of hydrogen-bond donors (Lipinski definition) is 2. The zero-order valence-corrected chi connectivity index (χ0v) is 12.4. The third kappa shape index (κ3) is 2.11. The van der Waals surface area contributed by atoms with Crippen LogP contribution in [0.2, 0.25) is 0 Å². The molecule has 18 heavy (non-hydrogen) atoms. The quantitative estimate of drug-likeness (QED) is 0.783. The molecule has 0 aromatic rings. The zero-order valence-electron chi connectivity index (χ0n) is 10.9. The van der Waals surface area contributed by atoms with Gasteiger partial charge < -0.3 is 10.4 Å². The van der Waals surface area contributed by atoms with Crippen LogP contribution in [-0.4, -0.2) is 28.0 Å². The summed E-state index contributed by atoms with van der Waals surface area (Å²) < 4.78 is 0. The van der Waals surface area contributed by atoms with Crippen LogP contribution >= 0.6 is 15.9 Å². The first-order valence-electron chi connectivity index (χ1n) is 7.09. The molecule has 4 rings (SSSR count). The van der Waals surface area contributed by atoms with E-state index in [-0.39, 0.29) is 11.8 Å². The van der Waals surface area contributed by atoms with Gasteiger partial charge in [0.2, 0.25) is 5.91 Å². The average Bonchev–Trinajstić information content (AvgIpc) is 2.30. The fraction of sp³-hybridized carbons (Fsp3) is 0.929. The van der Waals surface area contributed by atoms with E-state index in [9.17, 15) is 9.90 Å². The van der Waals surface area contributed by atoms with Crippen molar-refractivity contribution < 1.29 is 9.90 Å². The highest BCUT2D eigenvalue weighted by Gasteiger charge is 2.55. The molecule has 0 aliphatic heterocycles. The Balaban J connectivity index is 1.70. The molecule has 4 fully saturated rings. The van der Waals surface area contributed by atoms with Crippen molar-refractivity contribution >= 4 is 21.8 Å². The fourth-order valence-corrected chi connectivity index (χ4v) is 4.89. The molecule has 0 saturated heterocycles.